The molecule has 2 aromatic rings. The van der Waals surface area contributed by atoms with Gasteiger partial charge in [0, 0.05) is 0 Å². The molecule has 0 radical (unpaired) electrons. The number of benzene rings is 2. The Balaban J connectivity index is 1.94. The van der Waals surface area contributed by atoms with Crippen molar-refractivity contribution in [3.63, 3.8) is 0 Å². The second-order valence-corrected chi connectivity index (χ2v) is 12.1. The van der Waals surface area contributed by atoms with E-state index >= 15 is 0 Å². The van der Waals surface area contributed by atoms with Crippen LogP contribution in [-0.4, -0.2) is 45.2 Å². The van der Waals surface area contributed by atoms with E-state index < -0.39 is 5.97 Å². The van der Waals surface area contributed by atoms with Gasteiger partial charge in [-0.05, 0) is 0 Å². The molecule has 0 bridgehead atoms. The number of hydrogen-bond acceptors (Lipinski definition) is 4. The molecule has 0 saturated carbocycles. The zero-order chi connectivity index (χ0) is 24.2. The third-order valence-corrected chi connectivity index (χ3v) is 8.50. The van der Waals surface area contributed by atoms with Gasteiger partial charge in [0.25, 0.3) is 0 Å². The minimum absolute atomic E-state index is 0.0258. The van der Waals surface area contributed by atoms with E-state index in [1.165, 1.54) is 11.1 Å². The summed E-state index contributed by atoms with van der Waals surface area (Å²) in [5.74, 6) is -0.269. The number of hydrogen-bond donors (Lipinski definition) is 1. The summed E-state index contributed by atoms with van der Waals surface area (Å²) in [7, 11) is 0. The van der Waals surface area contributed by atoms with Crippen LogP contribution in [0.25, 0.3) is 0 Å². The molecule has 0 amide bonds. The molecule has 0 heterocycles. The second-order valence-electron chi connectivity index (χ2n) is 9.80. The predicted molar refractivity (Wildman–Crippen MR) is 132 cm³/mol. The number of rotatable bonds is 9. The third-order valence-electron chi connectivity index (χ3n) is 6.30. The third kappa shape index (κ3) is 6.18. The van der Waals surface area contributed by atoms with E-state index in [1.54, 1.807) is 6.92 Å². The molecule has 1 aliphatic rings. The van der Waals surface area contributed by atoms with Gasteiger partial charge in [-0.2, -0.15) is 0 Å². The second kappa shape index (κ2) is 10.3. The number of esters is 1. The maximum absolute atomic E-state index is 12.0. The van der Waals surface area contributed by atoms with Gasteiger partial charge in [0.2, 0.25) is 0 Å². The average Bonchev–Trinajstić information content (AvgIpc) is 2.75. The van der Waals surface area contributed by atoms with Gasteiger partial charge < -0.3 is 0 Å². The van der Waals surface area contributed by atoms with Gasteiger partial charge in [0.1, 0.15) is 0 Å². The van der Waals surface area contributed by atoms with Crippen LogP contribution in [0.2, 0.25) is 0 Å². The summed E-state index contributed by atoms with van der Waals surface area (Å²) in [5, 5.41) is 8.95. The molecular weight excluding hydrogens is 483 g/mol. The van der Waals surface area contributed by atoms with Crippen LogP contribution in [0.3, 0.4) is 0 Å². The standard InChI is InChI=1S/C27H34O5Se/c1-6-31-25(30)18-9-11-19(12-10-18)33-23-17-21-20(26(2,3)13-14-27(21,4)5)16-22(23)32-15-7-8-24(28)29/h9-12,16-17H,6-8,13-15H2,1-5H3,(H,28,29). The molecule has 5 nitrogen and oxygen atoms in total. The Kier molecular flexibility index (Phi) is 7.92. The molecule has 1 aliphatic carbocycles. The fourth-order valence-corrected chi connectivity index (χ4v) is 6.11. The molecule has 33 heavy (non-hydrogen) atoms. The molecular formula is C27H34O5Se. The van der Waals surface area contributed by atoms with E-state index in [0.29, 0.717) is 25.2 Å². The zero-order valence-electron chi connectivity index (χ0n) is 20.2. The quantitative estimate of drug-likeness (QED) is 0.308. The molecule has 0 saturated heterocycles. The summed E-state index contributed by atoms with van der Waals surface area (Å²) in [4.78, 5) is 22.9. The number of carbonyl (C=O) groups excluding carboxylic acids is 1. The number of carboxylic acid groups (broad SMARTS) is 1. The summed E-state index contributed by atoms with van der Waals surface area (Å²) < 4.78 is 13.5. The number of carboxylic acids is 1. The first-order chi connectivity index (χ1) is 15.5. The predicted octanol–water partition coefficient (Wildman–Crippen LogP) is 4.11. The van der Waals surface area contributed by atoms with Gasteiger partial charge in [0.15, 0.2) is 0 Å². The molecule has 0 unspecified atom stereocenters. The van der Waals surface area contributed by atoms with Crippen LogP contribution < -0.4 is 13.7 Å². The SMILES string of the molecule is CCOC(=O)c1ccc([Se]c2cc3c(cc2OCCCC(=O)O)C(C)(C)CCC3(C)C)cc1. The Morgan fingerprint density at radius 2 is 1.61 bits per heavy atom. The molecule has 0 aliphatic heterocycles. The first-order valence-corrected chi connectivity index (χ1v) is 13.2. The molecule has 1 N–H and O–H groups in total. The van der Waals surface area contributed by atoms with Crippen LogP contribution in [0, 0.1) is 0 Å². The van der Waals surface area contributed by atoms with Gasteiger partial charge >= 0.3 is 203 Å². The number of aliphatic carboxylic acids is 1. The van der Waals surface area contributed by atoms with Crippen LogP contribution in [-0.2, 0) is 20.4 Å². The minimum atomic E-state index is -0.807. The number of fused-ring (bicyclic) bond motifs is 1. The molecule has 0 fully saturated rings. The Labute approximate surface area is 203 Å². The summed E-state index contributed by atoms with van der Waals surface area (Å²) in [6.07, 6.45) is 2.82. The van der Waals surface area contributed by atoms with Crippen molar-refractivity contribution in [1.82, 2.24) is 0 Å². The molecule has 2 aromatic carbocycles. The molecule has 0 spiro atoms. The summed E-state index contributed by atoms with van der Waals surface area (Å²) in [5.41, 5.74) is 3.40. The fourth-order valence-electron chi connectivity index (χ4n) is 4.17. The van der Waals surface area contributed by atoms with E-state index in [-0.39, 0.29) is 38.2 Å². The fraction of sp³-hybridized carbons (Fsp3) is 0.481. The van der Waals surface area contributed by atoms with Crippen molar-refractivity contribution in [2.24, 2.45) is 0 Å². The molecule has 0 aromatic heterocycles. The topological polar surface area (TPSA) is 72.8 Å². The van der Waals surface area contributed by atoms with Crippen molar-refractivity contribution in [3.8, 4) is 5.75 Å². The van der Waals surface area contributed by atoms with Crippen LogP contribution in [0.5, 0.6) is 5.75 Å². The number of carbonyl (C=O) groups is 2. The van der Waals surface area contributed by atoms with Gasteiger partial charge in [-0.15, -0.1) is 0 Å². The summed E-state index contributed by atoms with van der Waals surface area (Å²) >= 11 is -0.0258. The summed E-state index contributed by atoms with van der Waals surface area (Å²) in [6, 6.07) is 12.1. The van der Waals surface area contributed by atoms with Crippen LogP contribution in [0.1, 0.15) is 81.8 Å². The van der Waals surface area contributed by atoms with E-state index in [4.69, 9.17) is 14.6 Å². The van der Waals surface area contributed by atoms with Gasteiger partial charge in [-0.3, -0.25) is 0 Å². The van der Waals surface area contributed by atoms with Gasteiger partial charge in [-0.25, -0.2) is 0 Å². The average molecular weight is 518 g/mol. The van der Waals surface area contributed by atoms with Crippen molar-refractivity contribution >= 4 is 35.8 Å². The molecule has 6 heteroatoms. The van der Waals surface area contributed by atoms with Gasteiger partial charge in [-0.1, -0.05) is 0 Å². The zero-order valence-corrected chi connectivity index (χ0v) is 21.9. The van der Waals surface area contributed by atoms with Gasteiger partial charge in [0.05, 0.1) is 0 Å². The first kappa shape index (κ1) is 25.3. The van der Waals surface area contributed by atoms with Crippen molar-refractivity contribution in [1.29, 1.82) is 0 Å². The maximum atomic E-state index is 12.0. The van der Waals surface area contributed by atoms with E-state index in [1.807, 2.05) is 24.3 Å². The number of ether oxygens (including phenoxy) is 2. The van der Waals surface area contributed by atoms with Crippen LogP contribution in [0.15, 0.2) is 36.4 Å². The van der Waals surface area contributed by atoms with Crippen LogP contribution in [0.4, 0.5) is 0 Å². The summed E-state index contributed by atoms with van der Waals surface area (Å²) in [6.45, 7) is 11.7. The Hall–Kier alpha value is -2.30. The molecule has 178 valence electrons. The molecule has 3 rings (SSSR count). The van der Waals surface area contributed by atoms with Crippen molar-refractivity contribution in [2.75, 3.05) is 13.2 Å². The first-order valence-electron chi connectivity index (χ1n) is 11.5. The van der Waals surface area contributed by atoms with E-state index in [0.717, 1.165) is 27.5 Å². The van der Waals surface area contributed by atoms with E-state index in [2.05, 4.69) is 39.8 Å². The van der Waals surface area contributed by atoms with Crippen molar-refractivity contribution in [2.45, 2.75) is 71.1 Å². The normalized spacial score (nSPS) is 16.0. The van der Waals surface area contributed by atoms with E-state index in [9.17, 15) is 9.59 Å². The molecule has 0 atom stereocenters. The van der Waals surface area contributed by atoms with Crippen molar-refractivity contribution in [3.05, 3.63) is 53.1 Å². The van der Waals surface area contributed by atoms with Crippen LogP contribution >= 0.6 is 0 Å². The Morgan fingerprint density at radius 3 is 2.18 bits per heavy atom. The van der Waals surface area contributed by atoms with Crippen molar-refractivity contribution < 1.29 is 24.2 Å². The Morgan fingerprint density at radius 1 is 1.00 bits per heavy atom. The Bertz CT molecular complexity index is 1010. The monoisotopic (exact) mass is 518 g/mol.